The Morgan fingerprint density at radius 3 is 2.26 bits per heavy atom. The molecule has 1 aromatic carbocycles. The van der Waals surface area contributed by atoms with Crippen LogP contribution in [0.3, 0.4) is 0 Å². The highest BCUT2D eigenvalue weighted by molar-refractivity contribution is 5.85. The quantitative estimate of drug-likeness (QED) is 0.862. The molecule has 0 saturated heterocycles. The molecular formula is C16H24ClF3N2O. The SMILES string of the molecule is CC(CN)C(=O)NC(c1cccc(C(F)(F)F)c1)C(C)(C)C.Cl. The monoisotopic (exact) mass is 352 g/mol. The van der Waals surface area contributed by atoms with Crippen molar-refractivity contribution in [1.82, 2.24) is 5.32 Å². The Kier molecular flexibility index (Phi) is 7.57. The van der Waals surface area contributed by atoms with Gasteiger partial charge in [0, 0.05) is 12.5 Å². The van der Waals surface area contributed by atoms with Gasteiger partial charge in [0.2, 0.25) is 5.91 Å². The van der Waals surface area contributed by atoms with E-state index in [2.05, 4.69) is 5.32 Å². The van der Waals surface area contributed by atoms with Gasteiger partial charge in [0.25, 0.3) is 0 Å². The van der Waals surface area contributed by atoms with Crippen LogP contribution in [0.1, 0.15) is 44.9 Å². The van der Waals surface area contributed by atoms with Crippen LogP contribution in [0.5, 0.6) is 0 Å². The van der Waals surface area contributed by atoms with Crippen LogP contribution in [0.15, 0.2) is 24.3 Å². The number of alkyl halides is 3. The van der Waals surface area contributed by atoms with Crippen molar-refractivity contribution in [3.63, 3.8) is 0 Å². The summed E-state index contributed by atoms with van der Waals surface area (Å²) in [5.41, 5.74) is 4.74. The van der Waals surface area contributed by atoms with Gasteiger partial charge in [0.05, 0.1) is 11.6 Å². The van der Waals surface area contributed by atoms with E-state index in [1.807, 2.05) is 20.8 Å². The van der Waals surface area contributed by atoms with Crippen LogP contribution in [0, 0.1) is 11.3 Å². The summed E-state index contributed by atoms with van der Waals surface area (Å²) in [5.74, 6) is -0.657. The van der Waals surface area contributed by atoms with Crippen molar-refractivity contribution in [2.24, 2.45) is 17.1 Å². The van der Waals surface area contributed by atoms with Crippen LogP contribution in [-0.2, 0) is 11.0 Å². The van der Waals surface area contributed by atoms with E-state index in [9.17, 15) is 18.0 Å². The van der Waals surface area contributed by atoms with Crippen molar-refractivity contribution in [3.05, 3.63) is 35.4 Å². The molecule has 0 heterocycles. The van der Waals surface area contributed by atoms with Gasteiger partial charge in [0.15, 0.2) is 0 Å². The zero-order valence-corrected chi connectivity index (χ0v) is 14.5. The predicted molar refractivity (Wildman–Crippen MR) is 87.2 cm³/mol. The summed E-state index contributed by atoms with van der Waals surface area (Å²) < 4.78 is 38.6. The Morgan fingerprint density at radius 1 is 1.26 bits per heavy atom. The normalized spacial score (nSPS) is 14.6. The maximum atomic E-state index is 12.9. The molecular weight excluding hydrogens is 329 g/mol. The van der Waals surface area contributed by atoms with Gasteiger partial charge < -0.3 is 11.1 Å². The van der Waals surface area contributed by atoms with Crippen molar-refractivity contribution in [1.29, 1.82) is 0 Å². The Labute approximate surface area is 141 Å². The topological polar surface area (TPSA) is 55.1 Å². The van der Waals surface area contributed by atoms with E-state index in [4.69, 9.17) is 5.73 Å². The molecule has 2 atom stereocenters. The first-order chi connectivity index (χ1) is 9.96. The molecule has 0 radical (unpaired) electrons. The summed E-state index contributed by atoms with van der Waals surface area (Å²) in [6, 6.07) is 4.53. The van der Waals surface area contributed by atoms with Gasteiger partial charge in [0.1, 0.15) is 0 Å². The summed E-state index contributed by atoms with van der Waals surface area (Å²) in [6.45, 7) is 7.47. The van der Waals surface area contributed by atoms with Crippen LogP contribution >= 0.6 is 12.4 Å². The van der Waals surface area contributed by atoms with Crippen LogP contribution in [0.4, 0.5) is 13.2 Å². The predicted octanol–water partition coefficient (Wildman–Crippen LogP) is 3.93. The molecule has 1 aromatic rings. The van der Waals surface area contributed by atoms with Gasteiger partial charge in [-0.3, -0.25) is 4.79 Å². The molecule has 3 nitrogen and oxygen atoms in total. The van der Waals surface area contributed by atoms with Crippen LogP contribution in [0.2, 0.25) is 0 Å². The molecule has 7 heteroatoms. The number of amides is 1. The van der Waals surface area contributed by atoms with Crippen LogP contribution in [0.25, 0.3) is 0 Å². The lowest BCUT2D eigenvalue weighted by Crippen LogP contribution is -2.41. The summed E-state index contributed by atoms with van der Waals surface area (Å²) in [4.78, 5) is 12.1. The molecule has 0 aliphatic heterocycles. The zero-order valence-electron chi connectivity index (χ0n) is 13.7. The lowest BCUT2D eigenvalue weighted by atomic mass is 9.81. The second kappa shape index (κ2) is 8.02. The van der Waals surface area contributed by atoms with E-state index in [1.54, 1.807) is 13.0 Å². The van der Waals surface area contributed by atoms with Crippen LogP contribution in [-0.4, -0.2) is 12.5 Å². The fourth-order valence-corrected chi connectivity index (χ4v) is 2.09. The van der Waals surface area contributed by atoms with E-state index in [-0.39, 0.29) is 24.9 Å². The Bertz CT molecular complexity index is 527. The molecule has 0 spiro atoms. The van der Waals surface area contributed by atoms with Crippen molar-refractivity contribution in [3.8, 4) is 0 Å². The summed E-state index contributed by atoms with van der Waals surface area (Å²) in [6.07, 6.45) is -4.41. The number of hydrogen-bond acceptors (Lipinski definition) is 2. The number of nitrogens with two attached hydrogens (primary N) is 1. The molecule has 23 heavy (non-hydrogen) atoms. The minimum absolute atomic E-state index is 0. The minimum atomic E-state index is -4.41. The van der Waals surface area contributed by atoms with Gasteiger partial charge in [-0.25, -0.2) is 0 Å². The molecule has 0 fully saturated rings. The Morgan fingerprint density at radius 2 is 1.83 bits per heavy atom. The molecule has 0 aliphatic carbocycles. The number of halogens is 4. The molecule has 0 bridgehead atoms. The van der Waals surface area contributed by atoms with Gasteiger partial charge in [-0.2, -0.15) is 13.2 Å². The van der Waals surface area contributed by atoms with Crippen molar-refractivity contribution in [2.45, 2.75) is 39.9 Å². The third-order valence-electron chi connectivity index (χ3n) is 3.50. The van der Waals surface area contributed by atoms with E-state index in [0.717, 1.165) is 12.1 Å². The molecule has 0 aliphatic rings. The maximum Gasteiger partial charge on any atom is 0.416 e. The number of rotatable bonds is 4. The van der Waals surface area contributed by atoms with E-state index < -0.39 is 29.1 Å². The van der Waals surface area contributed by atoms with Gasteiger partial charge in [-0.1, -0.05) is 39.8 Å². The first-order valence-electron chi connectivity index (χ1n) is 7.14. The lowest BCUT2D eigenvalue weighted by molar-refractivity contribution is -0.137. The maximum absolute atomic E-state index is 12.9. The van der Waals surface area contributed by atoms with E-state index >= 15 is 0 Å². The van der Waals surface area contributed by atoms with Crippen molar-refractivity contribution < 1.29 is 18.0 Å². The number of nitrogens with one attached hydrogen (secondary N) is 1. The average molecular weight is 353 g/mol. The molecule has 2 unspecified atom stereocenters. The highest BCUT2D eigenvalue weighted by Gasteiger charge is 2.33. The molecule has 0 aromatic heterocycles. The Balaban J connectivity index is 0.00000484. The summed E-state index contributed by atoms with van der Waals surface area (Å²) in [7, 11) is 0. The molecule has 3 N–H and O–H groups in total. The summed E-state index contributed by atoms with van der Waals surface area (Å²) in [5, 5.41) is 2.82. The first kappa shape index (κ1) is 21.7. The zero-order chi connectivity index (χ0) is 17.1. The third-order valence-corrected chi connectivity index (χ3v) is 3.50. The molecule has 1 rings (SSSR count). The smallest absolute Gasteiger partial charge is 0.348 e. The highest BCUT2D eigenvalue weighted by Crippen LogP contribution is 2.36. The molecule has 1 amide bonds. The third kappa shape index (κ3) is 6.03. The van der Waals surface area contributed by atoms with E-state index in [1.165, 1.54) is 6.07 Å². The fourth-order valence-electron chi connectivity index (χ4n) is 2.09. The number of carbonyl (C=O) groups is 1. The highest BCUT2D eigenvalue weighted by atomic mass is 35.5. The first-order valence-corrected chi connectivity index (χ1v) is 7.14. The van der Waals surface area contributed by atoms with Gasteiger partial charge in [-0.05, 0) is 23.1 Å². The van der Waals surface area contributed by atoms with E-state index in [0.29, 0.717) is 5.56 Å². The molecule has 0 saturated carbocycles. The van der Waals surface area contributed by atoms with Gasteiger partial charge in [-0.15, -0.1) is 12.4 Å². The number of carbonyl (C=O) groups excluding carboxylic acids is 1. The standard InChI is InChI=1S/C16H23F3N2O.ClH/c1-10(9-20)14(22)21-13(15(2,3)4)11-6-5-7-12(8-11)16(17,18)19;/h5-8,10,13H,9,20H2,1-4H3,(H,21,22);1H. The van der Waals surface area contributed by atoms with Gasteiger partial charge >= 0.3 is 6.18 Å². The Hall–Kier alpha value is -1.27. The second-order valence-electron chi connectivity index (χ2n) is 6.57. The fraction of sp³-hybridized carbons (Fsp3) is 0.562. The lowest BCUT2D eigenvalue weighted by Gasteiger charge is -2.33. The average Bonchev–Trinajstić information content (AvgIpc) is 2.41. The minimum Gasteiger partial charge on any atom is -0.348 e. The number of hydrogen-bond donors (Lipinski definition) is 2. The second-order valence-corrected chi connectivity index (χ2v) is 6.57. The largest absolute Gasteiger partial charge is 0.416 e. The summed E-state index contributed by atoms with van der Waals surface area (Å²) >= 11 is 0. The number of benzene rings is 1. The van der Waals surface area contributed by atoms with Crippen molar-refractivity contribution >= 4 is 18.3 Å². The van der Waals surface area contributed by atoms with Crippen molar-refractivity contribution in [2.75, 3.05) is 6.54 Å². The van der Waals surface area contributed by atoms with Crippen LogP contribution < -0.4 is 11.1 Å². The molecule has 132 valence electrons.